The minimum absolute atomic E-state index is 0.181. The first-order valence-corrected chi connectivity index (χ1v) is 5.69. The highest BCUT2D eigenvalue weighted by Gasteiger charge is 2.16. The molecular formula is C15H16N2. The Labute approximate surface area is 102 Å². The first kappa shape index (κ1) is 11.6. The van der Waals surface area contributed by atoms with Gasteiger partial charge in [0.25, 0.3) is 0 Å². The van der Waals surface area contributed by atoms with Gasteiger partial charge in [0.2, 0.25) is 0 Å². The minimum atomic E-state index is -0.181. The lowest BCUT2D eigenvalue weighted by atomic mass is 9.95. The van der Waals surface area contributed by atoms with Crippen molar-refractivity contribution < 1.29 is 0 Å². The summed E-state index contributed by atoms with van der Waals surface area (Å²) in [6, 6.07) is 14.6. The van der Waals surface area contributed by atoms with Crippen molar-refractivity contribution in [1.29, 1.82) is 5.26 Å². The van der Waals surface area contributed by atoms with Crippen LogP contribution < -0.4 is 0 Å². The van der Waals surface area contributed by atoms with Crippen molar-refractivity contribution in [2.45, 2.75) is 13.0 Å². The fourth-order valence-corrected chi connectivity index (χ4v) is 2.20. The van der Waals surface area contributed by atoms with Gasteiger partial charge in [-0.05, 0) is 42.9 Å². The highest BCUT2D eigenvalue weighted by atomic mass is 15.1. The third-order valence-electron chi connectivity index (χ3n) is 3.17. The fourth-order valence-electron chi connectivity index (χ4n) is 2.20. The summed E-state index contributed by atoms with van der Waals surface area (Å²) in [4.78, 5) is 1.94. The van der Waals surface area contributed by atoms with E-state index in [1.165, 1.54) is 16.3 Å². The van der Waals surface area contributed by atoms with E-state index in [2.05, 4.69) is 37.3 Å². The van der Waals surface area contributed by atoms with E-state index in [0.717, 1.165) is 5.56 Å². The molecule has 17 heavy (non-hydrogen) atoms. The molecule has 0 bridgehead atoms. The summed E-state index contributed by atoms with van der Waals surface area (Å²) in [6.07, 6.45) is 0. The summed E-state index contributed by atoms with van der Waals surface area (Å²) in [5.74, 6) is 0. The Morgan fingerprint density at radius 1 is 1.12 bits per heavy atom. The van der Waals surface area contributed by atoms with Crippen LogP contribution in [-0.2, 0) is 0 Å². The molecule has 0 saturated carbocycles. The van der Waals surface area contributed by atoms with Crippen LogP contribution in [0.15, 0.2) is 36.4 Å². The highest BCUT2D eigenvalue weighted by Crippen LogP contribution is 2.27. The number of nitriles is 1. The van der Waals surface area contributed by atoms with Crippen LogP contribution in [0.1, 0.15) is 17.2 Å². The molecule has 2 nitrogen and oxygen atoms in total. The molecule has 1 unspecified atom stereocenters. The van der Waals surface area contributed by atoms with E-state index >= 15 is 0 Å². The van der Waals surface area contributed by atoms with Crippen LogP contribution in [0.4, 0.5) is 0 Å². The summed E-state index contributed by atoms with van der Waals surface area (Å²) < 4.78 is 0. The van der Waals surface area contributed by atoms with Gasteiger partial charge in [0.1, 0.15) is 6.04 Å². The van der Waals surface area contributed by atoms with Gasteiger partial charge in [-0.25, -0.2) is 0 Å². The normalized spacial score (nSPS) is 12.6. The van der Waals surface area contributed by atoms with Gasteiger partial charge in [-0.2, -0.15) is 5.26 Å². The van der Waals surface area contributed by atoms with E-state index in [-0.39, 0.29) is 6.04 Å². The molecule has 0 aliphatic heterocycles. The van der Waals surface area contributed by atoms with E-state index < -0.39 is 0 Å². The zero-order valence-electron chi connectivity index (χ0n) is 10.4. The quantitative estimate of drug-likeness (QED) is 0.782. The lowest BCUT2D eigenvalue weighted by Gasteiger charge is -2.20. The smallest absolute Gasteiger partial charge is 0.123 e. The maximum absolute atomic E-state index is 9.25. The number of hydrogen-bond donors (Lipinski definition) is 0. The van der Waals surface area contributed by atoms with Crippen molar-refractivity contribution in [3.63, 3.8) is 0 Å². The lowest BCUT2D eigenvalue weighted by Crippen LogP contribution is -2.19. The molecule has 0 spiro atoms. The molecule has 0 amide bonds. The van der Waals surface area contributed by atoms with Gasteiger partial charge in [-0.3, -0.25) is 4.90 Å². The zero-order chi connectivity index (χ0) is 12.4. The second kappa shape index (κ2) is 4.57. The van der Waals surface area contributed by atoms with Gasteiger partial charge >= 0.3 is 0 Å². The molecule has 0 heterocycles. The molecule has 0 saturated heterocycles. The van der Waals surface area contributed by atoms with Gasteiger partial charge < -0.3 is 0 Å². The van der Waals surface area contributed by atoms with Crippen molar-refractivity contribution in [2.24, 2.45) is 0 Å². The maximum Gasteiger partial charge on any atom is 0.123 e. The molecule has 0 N–H and O–H groups in total. The van der Waals surface area contributed by atoms with Gasteiger partial charge in [0, 0.05) is 0 Å². The fraction of sp³-hybridized carbons (Fsp3) is 0.267. The van der Waals surface area contributed by atoms with Crippen LogP contribution in [0.2, 0.25) is 0 Å². The van der Waals surface area contributed by atoms with E-state index in [1.807, 2.05) is 31.1 Å². The molecule has 2 rings (SSSR count). The Hall–Kier alpha value is -1.85. The second-order valence-corrected chi connectivity index (χ2v) is 4.50. The molecule has 0 aromatic heterocycles. The number of hydrogen-bond acceptors (Lipinski definition) is 2. The summed E-state index contributed by atoms with van der Waals surface area (Å²) in [6.45, 7) is 2.09. The average Bonchev–Trinajstić information content (AvgIpc) is 2.33. The van der Waals surface area contributed by atoms with Crippen molar-refractivity contribution in [1.82, 2.24) is 4.90 Å². The summed E-state index contributed by atoms with van der Waals surface area (Å²) in [5, 5.41) is 11.7. The molecular weight excluding hydrogens is 208 g/mol. The van der Waals surface area contributed by atoms with E-state index in [0.29, 0.717) is 0 Å². The van der Waals surface area contributed by atoms with Crippen LogP contribution in [0.25, 0.3) is 10.8 Å². The first-order chi connectivity index (χ1) is 8.15. The molecule has 86 valence electrons. The highest BCUT2D eigenvalue weighted by molar-refractivity contribution is 5.86. The van der Waals surface area contributed by atoms with Crippen LogP contribution in [-0.4, -0.2) is 19.0 Å². The summed E-state index contributed by atoms with van der Waals surface area (Å²) in [7, 11) is 3.87. The Kier molecular flexibility index (Phi) is 3.12. The zero-order valence-corrected chi connectivity index (χ0v) is 10.4. The standard InChI is InChI=1S/C15H16N2/c1-11-13-7-5-4-6-12(13)8-9-14(11)15(10-16)17(2)3/h4-9,15H,1-3H3. The van der Waals surface area contributed by atoms with Crippen LogP contribution in [0, 0.1) is 18.3 Å². The Morgan fingerprint density at radius 3 is 2.47 bits per heavy atom. The molecule has 0 radical (unpaired) electrons. The monoisotopic (exact) mass is 224 g/mol. The Morgan fingerprint density at radius 2 is 1.82 bits per heavy atom. The number of fused-ring (bicyclic) bond motifs is 1. The van der Waals surface area contributed by atoms with Crippen molar-refractivity contribution in [2.75, 3.05) is 14.1 Å². The molecule has 1 atom stereocenters. The lowest BCUT2D eigenvalue weighted by molar-refractivity contribution is 0.357. The first-order valence-electron chi connectivity index (χ1n) is 5.69. The molecule has 0 aliphatic carbocycles. The largest absolute Gasteiger partial charge is 0.291 e. The number of nitrogens with zero attached hydrogens (tertiary/aromatic N) is 2. The SMILES string of the molecule is Cc1c(C(C#N)N(C)C)ccc2ccccc12. The second-order valence-electron chi connectivity index (χ2n) is 4.50. The third-order valence-corrected chi connectivity index (χ3v) is 3.17. The van der Waals surface area contributed by atoms with Gasteiger partial charge in [0.05, 0.1) is 6.07 Å². The topological polar surface area (TPSA) is 27.0 Å². The van der Waals surface area contributed by atoms with Gasteiger partial charge in [0.15, 0.2) is 0 Å². The molecule has 2 heteroatoms. The number of rotatable bonds is 2. The van der Waals surface area contributed by atoms with Crippen LogP contribution in [0.5, 0.6) is 0 Å². The van der Waals surface area contributed by atoms with Gasteiger partial charge in [-0.1, -0.05) is 36.4 Å². The van der Waals surface area contributed by atoms with Crippen LogP contribution in [0.3, 0.4) is 0 Å². The van der Waals surface area contributed by atoms with Crippen molar-refractivity contribution >= 4 is 10.8 Å². The Balaban J connectivity index is 2.64. The predicted octanol–water partition coefficient (Wildman–Crippen LogP) is 3.27. The number of aryl methyl sites for hydroxylation is 1. The minimum Gasteiger partial charge on any atom is -0.291 e. The molecule has 0 fully saturated rings. The number of benzene rings is 2. The van der Waals surface area contributed by atoms with Gasteiger partial charge in [-0.15, -0.1) is 0 Å². The Bertz CT molecular complexity index is 579. The third kappa shape index (κ3) is 2.02. The van der Waals surface area contributed by atoms with Crippen LogP contribution >= 0.6 is 0 Å². The molecule has 2 aromatic rings. The van der Waals surface area contributed by atoms with E-state index in [4.69, 9.17) is 0 Å². The molecule has 0 aliphatic rings. The van der Waals surface area contributed by atoms with Crippen molar-refractivity contribution in [3.05, 3.63) is 47.5 Å². The van der Waals surface area contributed by atoms with E-state index in [1.54, 1.807) is 0 Å². The average molecular weight is 224 g/mol. The molecule has 2 aromatic carbocycles. The van der Waals surface area contributed by atoms with Crippen molar-refractivity contribution in [3.8, 4) is 6.07 Å². The summed E-state index contributed by atoms with van der Waals surface area (Å²) >= 11 is 0. The van der Waals surface area contributed by atoms with E-state index in [9.17, 15) is 5.26 Å². The summed E-state index contributed by atoms with van der Waals surface area (Å²) in [5.41, 5.74) is 2.29. The predicted molar refractivity (Wildman–Crippen MR) is 70.7 cm³/mol. The maximum atomic E-state index is 9.25.